The van der Waals surface area contributed by atoms with E-state index in [1.165, 1.54) is 60.1 Å². The topological polar surface area (TPSA) is 38.9 Å². The molecule has 3 nitrogen and oxygen atoms in total. The fourth-order valence-electron chi connectivity index (χ4n) is 8.86. The van der Waals surface area contributed by atoms with Gasteiger partial charge in [-0.15, -0.1) is 0 Å². The predicted molar refractivity (Wildman–Crippen MR) is 239 cm³/mol. The van der Waals surface area contributed by atoms with Crippen LogP contribution < -0.4 is 0 Å². The molecule has 0 aliphatic rings. The Morgan fingerprint density at radius 3 is 1.46 bits per heavy atom. The number of hydrogen-bond donors (Lipinski definition) is 0. The Morgan fingerprint density at radius 1 is 0.298 bits per heavy atom. The molecule has 0 saturated carbocycles. The van der Waals surface area contributed by atoms with Crippen LogP contribution in [0.25, 0.3) is 121 Å². The summed E-state index contributed by atoms with van der Waals surface area (Å²) in [5.41, 5.74) is 13.1. The molecule has 0 saturated heterocycles. The molecule has 57 heavy (non-hydrogen) atoms. The largest absolute Gasteiger partial charge is 0.455 e. The molecule has 0 unspecified atom stereocenters. The maximum absolute atomic E-state index is 6.35. The highest BCUT2D eigenvalue weighted by Gasteiger charge is 2.14. The van der Waals surface area contributed by atoms with Crippen LogP contribution in [0, 0.1) is 0 Å². The Kier molecular flexibility index (Phi) is 6.93. The summed E-state index contributed by atoms with van der Waals surface area (Å²) in [7, 11) is 0. The van der Waals surface area contributed by atoms with Crippen LogP contribution in [0.4, 0.5) is 0 Å². The van der Waals surface area contributed by atoms with Gasteiger partial charge >= 0.3 is 0 Å². The van der Waals surface area contributed by atoms with Gasteiger partial charge in [0.25, 0.3) is 0 Å². The minimum absolute atomic E-state index is 0.919. The van der Waals surface area contributed by atoms with Gasteiger partial charge in [0.15, 0.2) is 0 Å². The fraction of sp³-hybridized carbons (Fsp3) is 0. The van der Waals surface area contributed by atoms with Crippen molar-refractivity contribution in [3.63, 3.8) is 0 Å². The minimum Gasteiger partial charge on any atom is -0.455 e. The number of rotatable bonds is 4. The van der Waals surface area contributed by atoms with Gasteiger partial charge in [0, 0.05) is 39.5 Å². The number of furan rings is 1. The number of nitrogens with zero attached hydrogens (tertiary/aromatic N) is 2. The van der Waals surface area contributed by atoms with Crippen LogP contribution in [0.5, 0.6) is 0 Å². The van der Waals surface area contributed by atoms with Crippen molar-refractivity contribution in [2.24, 2.45) is 0 Å². The van der Waals surface area contributed by atoms with E-state index in [2.05, 4.69) is 170 Å². The van der Waals surface area contributed by atoms with Gasteiger partial charge < -0.3 is 4.42 Å². The summed E-state index contributed by atoms with van der Waals surface area (Å²) >= 11 is 0. The fourth-order valence-corrected chi connectivity index (χ4v) is 8.86. The van der Waals surface area contributed by atoms with Crippen molar-refractivity contribution < 1.29 is 4.42 Å². The van der Waals surface area contributed by atoms with Crippen LogP contribution >= 0.6 is 0 Å². The number of benzene rings is 10. The quantitative estimate of drug-likeness (QED) is 0.170. The third-order valence-electron chi connectivity index (χ3n) is 11.7. The average molecular weight is 725 g/mol. The second-order valence-corrected chi connectivity index (χ2v) is 15.0. The van der Waals surface area contributed by atoms with Crippen LogP contribution in [-0.4, -0.2) is 9.97 Å². The molecule has 2 aromatic heterocycles. The molecule has 12 rings (SSSR count). The van der Waals surface area contributed by atoms with E-state index in [0.717, 1.165) is 60.4 Å². The molecule has 0 bridgehead atoms. The summed E-state index contributed by atoms with van der Waals surface area (Å²) in [5.74, 6) is 0. The Balaban J connectivity index is 0.858. The number of para-hydroxylation sites is 2. The molecule has 0 amide bonds. The van der Waals surface area contributed by atoms with Crippen molar-refractivity contribution in [2.45, 2.75) is 0 Å². The Morgan fingerprint density at radius 2 is 0.772 bits per heavy atom. The summed E-state index contributed by atoms with van der Waals surface area (Å²) in [5, 5.41) is 11.8. The van der Waals surface area contributed by atoms with E-state index < -0.39 is 0 Å². The maximum atomic E-state index is 6.35. The molecular weight excluding hydrogens is 693 g/mol. The molecule has 0 fully saturated rings. The SMILES string of the molecule is c1cc(-c2ccc3cc(-c4ccc5cc(-c6cccc7c6oc6ccccc67)ccc5c4)ccc3c2)cc(-c2ccc3c4ccccc4c4nccnc4c3c2)c1. The summed E-state index contributed by atoms with van der Waals surface area (Å²) in [6.45, 7) is 0. The summed E-state index contributed by atoms with van der Waals surface area (Å²) < 4.78 is 6.35. The average Bonchev–Trinajstić information content (AvgIpc) is 3.67. The zero-order valence-electron chi connectivity index (χ0n) is 30.8. The van der Waals surface area contributed by atoms with E-state index in [0.29, 0.717) is 0 Å². The first kappa shape index (κ1) is 31.7. The molecule has 0 spiro atoms. The predicted octanol–water partition coefficient (Wildman–Crippen LogP) is 14.8. The third-order valence-corrected chi connectivity index (χ3v) is 11.7. The summed E-state index contributed by atoms with van der Waals surface area (Å²) in [6, 6.07) is 65.8. The highest BCUT2D eigenvalue weighted by atomic mass is 16.3. The molecule has 0 aliphatic carbocycles. The second kappa shape index (κ2) is 12.5. The molecule has 0 radical (unpaired) electrons. The van der Waals surface area contributed by atoms with E-state index in [4.69, 9.17) is 14.4 Å². The molecule has 264 valence electrons. The lowest BCUT2D eigenvalue weighted by Gasteiger charge is -2.12. The Bertz CT molecular complexity index is 3560. The van der Waals surface area contributed by atoms with E-state index in [9.17, 15) is 0 Å². The van der Waals surface area contributed by atoms with Gasteiger partial charge in [0.05, 0.1) is 11.0 Å². The van der Waals surface area contributed by atoms with Crippen molar-refractivity contribution >= 4 is 76.1 Å². The van der Waals surface area contributed by atoms with E-state index in [-0.39, 0.29) is 0 Å². The number of hydrogen-bond acceptors (Lipinski definition) is 3. The highest BCUT2D eigenvalue weighted by Crippen LogP contribution is 2.39. The smallest absolute Gasteiger partial charge is 0.143 e. The normalized spacial score (nSPS) is 11.9. The van der Waals surface area contributed by atoms with E-state index >= 15 is 0 Å². The molecule has 0 atom stereocenters. The van der Waals surface area contributed by atoms with E-state index in [1.54, 1.807) is 12.4 Å². The lowest BCUT2D eigenvalue weighted by Crippen LogP contribution is -1.89. The van der Waals surface area contributed by atoms with Crippen molar-refractivity contribution in [1.82, 2.24) is 9.97 Å². The maximum Gasteiger partial charge on any atom is 0.143 e. The Hall–Kier alpha value is -7.62. The van der Waals surface area contributed by atoms with Crippen molar-refractivity contribution in [2.75, 3.05) is 0 Å². The molecular formula is C54H32N2O. The van der Waals surface area contributed by atoms with Gasteiger partial charge in [-0.1, -0.05) is 140 Å². The van der Waals surface area contributed by atoms with Gasteiger partial charge in [-0.3, -0.25) is 9.97 Å². The lowest BCUT2D eigenvalue weighted by molar-refractivity contribution is 0.670. The van der Waals surface area contributed by atoms with Gasteiger partial charge in [-0.2, -0.15) is 0 Å². The molecule has 2 heterocycles. The van der Waals surface area contributed by atoms with Gasteiger partial charge in [-0.05, 0) is 114 Å². The molecule has 3 heteroatoms. The van der Waals surface area contributed by atoms with Gasteiger partial charge in [0.2, 0.25) is 0 Å². The summed E-state index contributed by atoms with van der Waals surface area (Å²) in [4.78, 5) is 9.52. The molecule has 10 aromatic carbocycles. The monoisotopic (exact) mass is 724 g/mol. The minimum atomic E-state index is 0.919. The first-order valence-electron chi connectivity index (χ1n) is 19.4. The van der Waals surface area contributed by atoms with Crippen LogP contribution in [0.1, 0.15) is 0 Å². The van der Waals surface area contributed by atoms with Crippen LogP contribution in [0.15, 0.2) is 199 Å². The standard InChI is InChI=1S/C54H32N2O/c1-2-11-48-45(9-1)46-24-23-42(32-50(46)53-52(48)55-25-26-56-53)34-8-5-7-33(27-34)35-15-16-37-29-38(18-17-36(37)28-35)39-19-20-41-31-43(22-21-40(41)30-39)44-12-6-13-49-47-10-3-4-14-51(47)57-54(44)49/h1-32H. The van der Waals surface area contributed by atoms with Crippen molar-refractivity contribution in [1.29, 1.82) is 0 Å². The molecule has 0 aliphatic heterocycles. The number of aromatic nitrogens is 2. The first-order valence-corrected chi connectivity index (χ1v) is 19.4. The molecule has 0 N–H and O–H groups in total. The number of fused-ring (bicyclic) bond motifs is 11. The second-order valence-electron chi connectivity index (χ2n) is 15.0. The van der Waals surface area contributed by atoms with Gasteiger partial charge in [0.1, 0.15) is 11.2 Å². The zero-order chi connectivity index (χ0) is 37.5. The van der Waals surface area contributed by atoms with Gasteiger partial charge in [-0.25, -0.2) is 0 Å². The summed E-state index contributed by atoms with van der Waals surface area (Å²) in [6.07, 6.45) is 3.57. The van der Waals surface area contributed by atoms with Crippen molar-refractivity contribution in [3.05, 3.63) is 194 Å². The van der Waals surface area contributed by atoms with E-state index in [1.807, 2.05) is 12.1 Å². The lowest BCUT2D eigenvalue weighted by atomic mass is 9.93. The van der Waals surface area contributed by atoms with Crippen LogP contribution in [0.3, 0.4) is 0 Å². The Labute approximate surface area is 328 Å². The van der Waals surface area contributed by atoms with Crippen LogP contribution in [0.2, 0.25) is 0 Å². The van der Waals surface area contributed by atoms with Crippen molar-refractivity contribution in [3.8, 4) is 44.5 Å². The van der Waals surface area contributed by atoms with Crippen LogP contribution in [-0.2, 0) is 0 Å². The zero-order valence-corrected chi connectivity index (χ0v) is 30.8. The first-order chi connectivity index (χ1) is 28.2. The molecule has 12 aromatic rings. The third kappa shape index (κ3) is 5.13. The highest BCUT2D eigenvalue weighted by molar-refractivity contribution is 6.23.